The number of allylic oxidation sites excluding steroid dienone is 2. The van der Waals surface area contributed by atoms with Crippen LogP contribution in [0.25, 0.3) is 0 Å². The first kappa shape index (κ1) is 9.07. The molecule has 0 heterocycles. The maximum atomic E-state index is 9.22. The van der Waals surface area contributed by atoms with E-state index >= 15 is 0 Å². The minimum atomic E-state index is -1.08. The van der Waals surface area contributed by atoms with Gasteiger partial charge in [0.25, 0.3) is 0 Å². The Hall–Kier alpha value is -0.0200. The summed E-state index contributed by atoms with van der Waals surface area (Å²) in [6.45, 7) is 1.72. The lowest BCUT2D eigenvalue weighted by atomic mass is 10.0. The van der Waals surface area contributed by atoms with Gasteiger partial charge < -0.3 is 10.2 Å². The second kappa shape index (κ2) is 3.15. The minimum absolute atomic E-state index is 0.222. The summed E-state index contributed by atoms with van der Waals surface area (Å²) in [5.74, 6) is 0. The first-order valence-corrected chi connectivity index (χ1v) is 3.89. The molecule has 1 aliphatic rings. The molecule has 0 aromatic rings. The van der Waals surface area contributed by atoms with Gasteiger partial charge in [-0.05, 0) is 18.6 Å². The molecule has 0 aromatic carbocycles. The topological polar surface area (TPSA) is 40.5 Å². The Bertz CT molecular complexity index is 233. The number of halogens is 2. The molecule has 0 spiro atoms. The number of aliphatic hydroxyl groups is 2. The molecular formula is C7H8Cl2O2. The van der Waals surface area contributed by atoms with Gasteiger partial charge in [0, 0.05) is 5.03 Å². The molecule has 11 heavy (non-hydrogen) atoms. The van der Waals surface area contributed by atoms with Crippen LogP contribution in [0.3, 0.4) is 0 Å². The minimum Gasteiger partial charge on any atom is -0.384 e. The molecule has 0 fully saturated rings. The smallest absolute Gasteiger partial charge is 0.121 e. The lowest BCUT2D eigenvalue weighted by molar-refractivity contribution is 0.0726. The van der Waals surface area contributed by atoms with Crippen LogP contribution < -0.4 is 0 Å². The van der Waals surface area contributed by atoms with Gasteiger partial charge in [0.1, 0.15) is 12.2 Å². The van der Waals surface area contributed by atoms with Crippen LogP contribution in [0.5, 0.6) is 0 Å². The van der Waals surface area contributed by atoms with Crippen molar-refractivity contribution in [3.8, 4) is 0 Å². The lowest BCUT2D eigenvalue weighted by Crippen LogP contribution is -2.29. The predicted molar refractivity (Wildman–Crippen MR) is 44.5 cm³/mol. The van der Waals surface area contributed by atoms with Gasteiger partial charge in [-0.2, -0.15) is 0 Å². The van der Waals surface area contributed by atoms with Crippen molar-refractivity contribution in [2.24, 2.45) is 0 Å². The van der Waals surface area contributed by atoms with Gasteiger partial charge in [-0.3, -0.25) is 0 Å². The van der Waals surface area contributed by atoms with Crippen molar-refractivity contribution >= 4 is 23.2 Å². The Labute approximate surface area is 74.7 Å². The molecule has 0 radical (unpaired) electrons. The maximum Gasteiger partial charge on any atom is 0.121 e. The zero-order chi connectivity index (χ0) is 8.59. The Morgan fingerprint density at radius 3 is 2.36 bits per heavy atom. The van der Waals surface area contributed by atoms with Gasteiger partial charge in [0.05, 0.1) is 5.03 Å². The summed E-state index contributed by atoms with van der Waals surface area (Å²) in [7, 11) is 0. The molecule has 2 nitrogen and oxygen atoms in total. The Morgan fingerprint density at radius 2 is 1.82 bits per heavy atom. The van der Waals surface area contributed by atoms with E-state index in [1.165, 1.54) is 0 Å². The molecule has 0 saturated carbocycles. The summed E-state index contributed by atoms with van der Waals surface area (Å²) >= 11 is 11.2. The zero-order valence-corrected chi connectivity index (χ0v) is 7.39. The van der Waals surface area contributed by atoms with Gasteiger partial charge in [-0.15, -0.1) is 0 Å². The van der Waals surface area contributed by atoms with Gasteiger partial charge in [-0.1, -0.05) is 23.2 Å². The number of rotatable bonds is 0. The van der Waals surface area contributed by atoms with E-state index in [0.29, 0.717) is 5.57 Å². The van der Waals surface area contributed by atoms with Gasteiger partial charge in [0.15, 0.2) is 0 Å². The van der Waals surface area contributed by atoms with Crippen LogP contribution in [0.1, 0.15) is 6.92 Å². The molecule has 0 unspecified atom stereocenters. The summed E-state index contributed by atoms with van der Waals surface area (Å²) < 4.78 is 0. The summed E-state index contributed by atoms with van der Waals surface area (Å²) in [4.78, 5) is 0. The molecule has 0 bridgehead atoms. The van der Waals surface area contributed by atoms with Gasteiger partial charge in [-0.25, -0.2) is 0 Å². The monoisotopic (exact) mass is 194 g/mol. The second-order valence-corrected chi connectivity index (χ2v) is 3.29. The standard InChI is InChI=1S/C7H8Cl2O2/c1-3-2-4(8)6(10)7(11)5(3)9/h2,6-7,10-11H,1H3/t6-,7+/m1/s1. The molecule has 0 aliphatic heterocycles. The Morgan fingerprint density at radius 1 is 1.27 bits per heavy atom. The summed E-state index contributed by atoms with van der Waals surface area (Å²) in [5.41, 5.74) is 0.689. The Kier molecular flexibility index (Phi) is 2.60. The van der Waals surface area contributed by atoms with E-state index in [1.54, 1.807) is 13.0 Å². The molecule has 62 valence electrons. The lowest BCUT2D eigenvalue weighted by Gasteiger charge is -2.22. The van der Waals surface area contributed by atoms with E-state index in [4.69, 9.17) is 28.3 Å². The molecule has 0 amide bonds. The van der Waals surface area contributed by atoms with Crippen LogP contribution in [-0.2, 0) is 0 Å². The maximum absolute atomic E-state index is 9.22. The third-order valence-electron chi connectivity index (χ3n) is 1.57. The fourth-order valence-electron chi connectivity index (χ4n) is 0.884. The van der Waals surface area contributed by atoms with Crippen LogP contribution in [0, 0.1) is 0 Å². The van der Waals surface area contributed by atoms with E-state index in [0.717, 1.165) is 0 Å². The average molecular weight is 195 g/mol. The fraction of sp³-hybridized carbons (Fsp3) is 0.429. The number of hydrogen-bond acceptors (Lipinski definition) is 2. The number of aliphatic hydroxyl groups excluding tert-OH is 2. The summed E-state index contributed by atoms with van der Waals surface area (Å²) in [6, 6.07) is 0. The van der Waals surface area contributed by atoms with E-state index in [2.05, 4.69) is 0 Å². The third-order valence-corrected chi connectivity index (χ3v) is 2.43. The number of hydrogen-bond donors (Lipinski definition) is 2. The van der Waals surface area contributed by atoms with E-state index < -0.39 is 12.2 Å². The molecule has 1 rings (SSSR count). The van der Waals surface area contributed by atoms with Crippen LogP contribution in [0.2, 0.25) is 0 Å². The van der Waals surface area contributed by atoms with Crippen LogP contribution in [0.15, 0.2) is 21.7 Å². The predicted octanol–water partition coefficient (Wildman–Crippen LogP) is 1.36. The highest BCUT2D eigenvalue weighted by Crippen LogP contribution is 2.28. The highest BCUT2D eigenvalue weighted by Gasteiger charge is 2.27. The van der Waals surface area contributed by atoms with E-state index in [1.807, 2.05) is 0 Å². The van der Waals surface area contributed by atoms with Crippen LogP contribution in [-0.4, -0.2) is 22.4 Å². The zero-order valence-electron chi connectivity index (χ0n) is 5.88. The Balaban J connectivity index is 3.01. The molecule has 2 N–H and O–H groups in total. The van der Waals surface area contributed by atoms with Crippen molar-refractivity contribution in [1.82, 2.24) is 0 Å². The molecule has 1 aliphatic carbocycles. The molecule has 0 saturated heterocycles. The third kappa shape index (κ3) is 1.59. The average Bonchev–Trinajstić information content (AvgIpc) is 1.97. The highest BCUT2D eigenvalue weighted by molar-refractivity contribution is 6.33. The van der Waals surface area contributed by atoms with Gasteiger partial charge in [0.2, 0.25) is 0 Å². The van der Waals surface area contributed by atoms with Crippen molar-refractivity contribution < 1.29 is 10.2 Å². The van der Waals surface area contributed by atoms with Crippen molar-refractivity contribution in [2.45, 2.75) is 19.1 Å². The van der Waals surface area contributed by atoms with E-state index in [9.17, 15) is 5.11 Å². The van der Waals surface area contributed by atoms with Crippen molar-refractivity contribution in [3.05, 3.63) is 21.7 Å². The largest absolute Gasteiger partial charge is 0.384 e. The van der Waals surface area contributed by atoms with E-state index in [-0.39, 0.29) is 10.1 Å². The molecule has 0 aromatic heterocycles. The van der Waals surface area contributed by atoms with Gasteiger partial charge >= 0.3 is 0 Å². The quantitative estimate of drug-likeness (QED) is 0.612. The molecule has 4 heteroatoms. The highest BCUT2D eigenvalue weighted by atomic mass is 35.5. The van der Waals surface area contributed by atoms with Crippen molar-refractivity contribution in [2.75, 3.05) is 0 Å². The summed E-state index contributed by atoms with van der Waals surface area (Å²) in [5, 5.41) is 18.9. The van der Waals surface area contributed by atoms with Crippen LogP contribution in [0.4, 0.5) is 0 Å². The van der Waals surface area contributed by atoms with Crippen molar-refractivity contribution in [3.63, 3.8) is 0 Å². The SMILES string of the molecule is CC1=C(Cl)[C@H](O)[C@H](O)C(Cl)=C1. The van der Waals surface area contributed by atoms with Crippen molar-refractivity contribution in [1.29, 1.82) is 0 Å². The van der Waals surface area contributed by atoms with Crippen LogP contribution >= 0.6 is 23.2 Å². The second-order valence-electron chi connectivity index (χ2n) is 2.45. The fourth-order valence-corrected chi connectivity index (χ4v) is 1.34. The normalized spacial score (nSPS) is 32.3. The molecular weight excluding hydrogens is 187 g/mol. The first-order chi connectivity index (χ1) is 5.04. The molecule has 2 atom stereocenters. The first-order valence-electron chi connectivity index (χ1n) is 3.13. The summed E-state index contributed by atoms with van der Waals surface area (Å²) in [6.07, 6.45) is -0.608.